The minimum absolute atomic E-state index is 0.133. The molecular weight excluding hydrogens is 320 g/mol. The standard InChI is InChI=1S/C20H17O5/c1-4-5-12-8-14(21)25-20-15(12)19-13(7-6-11(3)24-19)18-16(20)17(22)10(2)9-23-18/h6-7,9,11H,4-5H2,1-3H3. The molecule has 25 heavy (non-hydrogen) atoms. The lowest BCUT2D eigenvalue weighted by Gasteiger charge is -2.22. The van der Waals surface area contributed by atoms with Crippen LogP contribution in [0, 0.1) is 13.0 Å². The lowest BCUT2D eigenvalue weighted by molar-refractivity contribution is 0.269. The molecular formula is C20H17O5. The first-order chi connectivity index (χ1) is 12.0. The van der Waals surface area contributed by atoms with Gasteiger partial charge in [-0.05, 0) is 38.0 Å². The van der Waals surface area contributed by atoms with Gasteiger partial charge in [0.05, 0.1) is 23.3 Å². The van der Waals surface area contributed by atoms with Gasteiger partial charge in [-0.2, -0.15) is 0 Å². The normalized spacial score (nSPS) is 16.2. The summed E-state index contributed by atoms with van der Waals surface area (Å²) in [6.07, 6.45) is 6.55. The van der Waals surface area contributed by atoms with E-state index in [4.69, 9.17) is 13.6 Å². The molecule has 0 bridgehead atoms. The van der Waals surface area contributed by atoms with Gasteiger partial charge in [0.1, 0.15) is 17.2 Å². The van der Waals surface area contributed by atoms with E-state index in [9.17, 15) is 9.59 Å². The molecule has 1 unspecified atom stereocenters. The molecule has 1 aromatic carbocycles. The molecule has 5 heteroatoms. The number of hydrogen-bond acceptors (Lipinski definition) is 5. The molecule has 5 nitrogen and oxygen atoms in total. The van der Waals surface area contributed by atoms with Crippen molar-refractivity contribution in [3.05, 3.63) is 55.7 Å². The average Bonchev–Trinajstić information content (AvgIpc) is 2.57. The third kappa shape index (κ3) is 2.30. The zero-order chi connectivity index (χ0) is 17.7. The highest BCUT2D eigenvalue weighted by molar-refractivity contribution is 6.10. The van der Waals surface area contributed by atoms with E-state index in [0.29, 0.717) is 39.8 Å². The van der Waals surface area contributed by atoms with Crippen molar-refractivity contribution in [3.8, 4) is 5.75 Å². The summed E-state index contributed by atoms with van der Waals surface area (Å²) < 4.78 is 17.1. The summed E-state index contributed by atoms with van der Waals surface area (Å²) in [5.74, 6) is 0.577. The Kier molecular flexibility index (Phi) is 3.53. The fourth-order valence-corrected chi connectivity index (χ4v) is 3.28. The summed E-state index contributed by atoms with van der Waals surface area (Å²) in [6.45, 7) is 5.61. The van der Waals surface area contributed by atoms with Crippen molar-refractivity contribution in [1.29, 1.82) is 0 Å². The zero-order valence-electron chi connectivity index (χ0n) is 14.3. The molecule has 4 rings (SSSR count). The molecule has 0 N–H and O–H groups in total. The predicted octanol–water partition coefficient (Wildman–Crippen LogP) is 3.75. The monoisotopic (exact) mass is 337 g/mol. The van der Waals surface area contributed by atoms with Crippen LogP contribution >= 0.6 is 0 Å². The number of fused-ring (bicyclic) bond motifs is 6. The average molecular weight is 337 g/mol. The number of ether oxygens (including phenoxy) is 1. The smallest absolute Gasteiger partial charge is 0.344 e. The fraction of sp³-hybridized carbons (Fsp3) is 0.300. The molecule has 0 amide bonds. The largest absolute Gasteiger partial charge is 0.485 e. The summed E-state index contributed by atoms with van der Waals surface area (Å²) in [6, 6.07) is 2.76. The Labute approximate surface area is 143 Å². The van der Waals surface area contributed by atoms with Crippen LogP contribution in [-0.4, -0.2) is 6.10 Å². The van der Waals surface area contributed by atoms with E-state index < -0.39 is 5.63 Å². The van der Waals surface area contributed by atoms with Gasteiger partial charge in [-0.25, -0.2) is 4.79 Å². The molecule has 1 aliphatic heterocycles. The first-order valence-corrected chi connectivity index (χ1v) is 8.33. The van der Waals surface area contributed by atoms with Crippen LogP contribution in [0.15, 0.2) is 30.8 Å². The minimum Gasteiger partial charge on any atom is -0.485 e. The van der Waals surface area contributed by atoms with Crippen molar-refractivity contribution < 1.29 is 13.6 Å². The maximum atomic E-state index is 12.8. The van der Waals surface area contributed by atoms with Crippen LogP contribution in [0.2, 0.25) is 0 Å². The maximum absolute atomic E-state index is 12.8. The Balaban J connectivity index is 2.33. The lowest BCUT2D eigenvalue weighted by atomic mass is 9.96. The first-order valence-electron chi connectivity index (χ1n) is 8.33. The Hall–Kier alpha value is -2.82. The van der Waals surface area contributed by atoms with Crippen LogP contribution < -0.4 is 15.8 Å². The molecule has 0 saturated heterocycles. The van der Waals surface area contributed by atoms with Crippen LogP contribution in [0.4, 0.5) is 0 Å². The number of hydrogen-bond donors (Lipinski definition) is 0. The highest BCUT2D eigenvalue weighted by Gasteiger charge is 2.26. The third-order valence-corrected chi connectivity index (χ3v) is 4.42. The number of benzene rings is 1. The van der Waals surface area contributed by atoms with Crippen molar-refractivity contribution in [1.82, 2.24) is 0 Å². The van der Waals surface area contributed by atoms with Crippen LogP contribution in [0.1, 0.15) is 37.0 Å². The van der Waals surface area contributed by atoms with Gasteiger partial charge >= 0.3 is 5.63 Å². The van der Waals surface area contributed by atoms with Crippen molar-refractivity contribution in [3.63, 3.8) is 0 Å². The Morgan fingerprint density at radius 2 is 2.00 bits per heavy atom. The molecule has 127 valence electrons. The Morgan fingerprint density at radius 3 is 2.76 bits per heavy atom. The SMILES string of the molecule is CCCc1[c]c(=O)oc2c1c1c(c3occ(C)c(=O)c32)C=CC(C)O1. The summed E-state index contributed by atoms with van der Waals surface area (Å²) in [4.78, 5) is 24.8. The second-order valence-corrected chi connectivity index (χ2v) is 6.32. The summed E-state index contributed by atoms with van der Waals surface area (Å²) in [5, 5.41) is 0.915. The van der Waals surface area contributed by atoms with E-state index in [2.05, 4.69) is 6.07 Å². The van der Waals surface area contributed by atoms with E-state index in [1.807, 2.05) is 26.0 Å². The van der Waals surface area contributed by atoms with Gasteiger partial charge in [0.15, 0.2) is 16.6 Å². The summed E-state index contributed by atoms with van der Waals surface area (Å²) in [5.41, 5.74) is 1.64. The lowest BCUT2D eigenvalue weighted by Crippen LogP contribution is -2.16. The molecule has 3 heterocycles. The molecule has 1 radical (unpaired) electrons. The second-order valence-electron chi connectivity index (χ2n) is 6.32. The Bertz CT molecular complexity index is 1150. The topological polar surface area (TPSA) is 69.7 Å². The number of rotatable bonds is 2. The van der Waals surface area contributed by atoms with Gasteiger partial charge in [-0.15, -0.1) is 0 Å². The maximum Gasteiger partial charge on any atom is 0.344 e. The molecule has 0 saturated carbocycles. The van der Waals surface area contributed by atoms with Gasteiger partial charge < -0.3 is 13.6 Å². The van der Waals surface area contributed by atoms with Gasteiger partial charge in [0.25, 0.3) is 0 Å². The Morgan fingerprint density at radius 1 is 1.20 bits per heavy atom. The summed E-state index contributed by atoms with van der Waals surface area (Å²) in [7, 11) is 0. The van der Waals surface area contributed by atoms with Gasteiger partial charge in [-0.1, -0.05) is 13.3 Å². The minimum atomic E-state index is -0.600. The van der Waals surface area contributed by atoms with E-state index in [-0.39, 0.29) is 22.5 Å². The number of aryl methyl sites for hydroxylation is 2. The van der Waals surface area contributed by atoms with Crippen LogP contribution in [-0.2, 0) is 6.42 Å². The van der Waals surface area contributed by atoms with E-state index in [0.717, 1.165) is 6.42 Å². The molecule has 1 aliphatic rings. The molecule has 1 atom stereocenters. The van der Waals surface area contributed by atoms with Crippen LogP contribution in [0.5, 0.6) is 5.75 Å². The van der Waals surface area contributed by atoms with E-state index in [1.54, 1.807) is 6.92 Å². The van der Waals surface area contributed by atoms with E-state index in [1.165, 1.54) is 6.26 Å². The zero-order valence-corrected chi connectivity index (χ0v) is 14.3. The summed E-state index contributed by atoms with van der Waals surface area (Å²) >= 11 is 0. The van der Waals surface area contributed by atoms with Crippen molar-refractivity contribution in [2.75, 3.05) is 0 Å². The molecule has 2 aromatic heterocycles. The highest BCUT2D eigenvalue weighted by Crippen LogP contribution is 2.41. The molecule has 0 fully saturated rings. The van der Waals surface area contributed by atoms with Gasteiger partial charge in [-0.3, -0.25) is 4.79 Å². The molecule has 0 spiro atoms. The van der Waals surface area contributed by atoms with Crippen molar-refractivity contribution >= 4 is 28.0 Å². The van der Waals surface area contributed by atoms with Crippen molar-refractivity contribution in [2.24, 2.45) is 0 Å². The highest BCUT2D eigenvalue weighted by atomic mass is 16.5. The molecule has 0 aliphatic carbocycles. The van der Waals surface area contributed by atoms with E-state index >= 15 is 0 Å². The predicted molar refractivity (Wildman–Crippen MR) is 95.2 cm³/mol. The first kappa shape index (κ1) is 15.7. The fourth-order valence-electron chi connectivity index (χ4n) is 3.28. The quantitative estimate of drug-likeness (QED) is 0.526. The third-order valence-electron chi connectivity index (χ3n) is 4.42. The van der Waals surface area contributed by atoms with Crippen LogP contribution in [0.3, 0.4) is 0 Å². The second kappa shape index (κ2) is 5.62. The van der Waals surface area contributed by atoms with Crippen LogP contribution in [0.25, 0.3) is 28.0 Å². The molecule has 3 aromatic rings. The van der Waals surface area contributed by atoms with Gasteiger partial charge in [0, 0.05) is 5.56 Å². The van der Waals surface area contributed by atoms with Gasteiger partial charge in [0.2, 0.25) is 0 Å². The van der Waals surface area contributed by atoms with Crippen molar-refractivity contribution in [2.45, 2.75) is 39.7 Å².